The number of nitrogens with one attached hydrogen (secondary N) is 4. The molecular weight excluding hydrogens is 1730 g/mol. The zero-order valence-corrected chi connectivity index (χ0v) is 71.2. The van der Waals surface area contributed by atoms with Crippen LogP contribution in [0.1, 0.15) is 60.8 Å². The van der Waals surface area contributed by atoms with Gasteiger partial charge in [0.1, 0.15) is 74.1 Å². The molecule has 12 rings (SSSR count). The van der Waals surface area contributed by atoms with Gasteiger partial charge in [-0.3, -0.25) is 47.5 Å². The number of rotatable bonds is 24. The number of nitrogens with zero attached hydrogens (tertiary/aromatic N) is 3. The predicted molar refractivity (Wildman–Crippen MR) is 443 cm³/mol. The van der Waals surface area contributed by atoms with Crippen molar-refractivity contribution in [3.63, 3.8) is 0 Å². The Balaban J connectivity index is 0.000000485. The third kappa shape index (κ3) is 34.4. The number of carboxylic acids is 1. The maximum atomic E-state index is 11.6. The number of methoxy groups -OCH3 is 4. The van der Waals surface area contributed by atoms with Crippen molar-refractivity contribution < 1.29 is 169 Å². The molecule has 0 aliphatic rings. The van der Waals surface area contributed by atoms with E-state index in [9.17, 15) is 71.4 Å². The van der Waals surface area contributed by atoms with E-state index in [1.54, 1.807) is 85.2 Å². The molecule has 650 valence electrons. The SMILES string of the molecule is C.CC(=O)OCCBr.COC(=O)C(=O)c1c[nH]c2ccc(O)cc12.COC(=O)Cc1c[nH]c2ccc(O)cc12.COC(=O)Cc1c[nH]c2ccc(OCCOC(C)=O)cc12.COC(=O)Cc1cn(C(N)=O)c2ccc(OCCOC(C)=O)cc12.NC(=O)n1cc(CC(=O)O)c2cc(OCCO)ccc21.O=NS(=O)(=O)Cl.Oc1ccc2[nH]ccc2c1.[Na+].[OH-]. The monoisotopic (exact) mass is 1810 g/mol. The number of Topliss-reactive ketones (excluding diaryl/α,β-unsaturated/α-hetero) is 1. The number of ketones is 1. The Morgan fingerprint density at radius 3 is 1.27 bits per heavy atom. The first-order chi connectivity index (χ1) is 56.6. The molecule has 0 saturated carbocycles. The van der Waals surface area contributed by atoms with Gasteiger partial charge in [-0.05, 0) is 138 Å². The summed E-state index contributed by atoms with van der Waals surface area (Å²) >= 11 is 3.10. The van der Waals surface area contributed by atoms with Crippen molar-refractivity contribution in [2.45, 2.75) is 53.9 Å². The third-order valence-corrected chi connectivity index (χ3v) is 16.3. The Kier molecular flexibility index (Phi) is 45.5. The number of hydrogen-bond acceptors (Lipinski definition) is 29. The molecule has 122 heavy (non-hydrogen) atoms. The van der Waals surface area contributed by atoms with E-state index in [1.807, 2.05) is 36.5 Å². The van der Waals surface area contributed by atoms with Crippen LogP contribution in [0.5, 0.6) is 34.5 Å². The van der Waals surface area contributed by atoms with Crippen molar-refractivity contribution >= 4 is 167 Å². The minimum atomic E-state index is -4.12. The number of carboxylic acid groups (broad SMARTS) is 1. The number of phenolic OH excluding ortho intramolecular Hbond substituents is 3. The zero-order valence-electron chi connectivity index (χ0n) is 66.1. The van der Waals surface area contributed by atoms with E-state index in [0.717, 1.165) is 50.9 Å². The second-order valence-corrected chi connectivity index (χ2v) is 26.9. The van der Waals surface area contributed by atoms with Crippen LogP contribution in [0.3, 0.4) is 0 Å². The van der Waals surface area contributed by atoms with Gasteiger partial charge in [-0.25, -0.2) is 14.4 Å². The number of hydrogen-bond donors (Lipinski definition) is 11. The molecule has 6 aromatic heterocycles. The van der Waals surface area contributed by atoms with E-state index in [4.69, 9.17) is 55.4 Å². The van der Waals surface area contributed by atoms with Crippen LogP contribution >= 0.6 is 26.6 Å². The van der Waals surface area contributed by atoms with Gasteiger partial charge in [0.25, 0.3) is 5.78 Å². The number of aliphatic hydroxyl groups excluding tert-OH is 1. The number of H-pyrrole nitrogens is 4. The summed E-state index contributed by atoms with van der Waals surface area (Å²) in [4.78, 5) is 143. The Bertz CT molecular complexity index is 5670. The maximum absolute atomic E-state index is 11.6. The van der Waals surface area contributed by atoms with Crippen molar-refractivity contribution in [1.82, 2.24) is 29.1 Å². The van der Waals surface area contributed by atoms with Gasteiger partial charge in [0.2, 0.25) is 0 Å². The molecule has 2 amide bonds. The molecule has 0 unspecified atom stereocenters. The summed E-state index contributed by atoms with van der Waals surface area (Å²) in [5, 5.41) is 50.5. The van der Waals surface area contributed by atoms with Gasteiger partial charge < -0.3 is 110 Å². The van der Waals surface area contributed by atoms with E-state index in [0.29, 0.717) is 78.8 Å². The van der Waals surface area contributed by atoms with Gasteiger partial charge in [-0.15, -0.1) is 4.91 Å². The molecule has 0 fully saturated rings. The minimum absolute atomic E-state index is 0. The summed E-state index contributed by atoms with van der Waals surface area (Å²) in [6, 6.07) is 30.8. The normalized spacial score (nSPS) is 10.1. The average molecular weight is 1810 g/mol. The largest absolute Gasteiger partial charge is 1.00 e. The first kappa shape index (κ1) is 105. The van der Waals surface area contributed by atoms with E-state index >= 15 is 0 Å². The predicted octanol–water partition coefficient (Wildman–Crippen LogP) is 6.95. The molecule has 6 heterocycles. The van der Waals surface area contributed by atoms with Gasteiger partial charge >= 0.3 is 98.6 Å². The fraction of sp³-hybridized carbons (Fsp3) is 0.253. The van der Waals surface area contributed by atoms with Crippen molar-refractivity contribution in [3.8, 4) is 34.5 Å². The van der Waals surface area contributed by atoms with E-state index < -0.39 is 45.0 Å². The number of nitrogens with two attached hydrogens (primary N) is 2. The standard InChI is InChI=1S/C16H18N2O6.C15H17NO5.C13H14N2O5.C11H9NO4.C11H11NO3.C8H7NO.C4H7BrO2.CH4.ClNO3S.Na.H2O/c1-10(19)23-5-6-24-12-3-4-14-13(8-12)11(7-15(20)22-2)9-18(14)16(17)21;1-10(17)20-5-6-21-12-3-4-14-13(8-12)11(9-16-14)7-15(18)19-2;14-13(19)15-7-8(5-12(17)18)10-6-9(20-4-3-16)1-2-11(10)15;1-16-11(15)10(14)8-5-12-9-3-2-6(13)4-7(8)9;1-15-11(14)4-7-6-12-10-3-2-8(13)5-9(7)10;10-7-1-2-8-6(5-7)3-4-9-8;1-4(6)7-3-2-5;;1-6(4,5)2-3;;/h3-4,8-9H,5-7H2,1-2H3,(H2,17,21);3-4,8-9,16H,5-7H2,1-2H3;1-2,6-7,16H,3-5H2,(H2,14,19)(H,17,18);2-5,12-13H,1H3;2-3,5-6,12-13H,4H2,1H3;1-5,9-10H;2-3H2,1H3;1H4;;;1H2/q;;;;;;;;;+1;/p-1. The van der Waals surface area contributed by atoms with Crippen molar-refractivity contribution in [1.29, 1.82) is 0 Å². The number of aromatic hydroxyl groups is 3. The van der Waals surface area contributed by atoms with Crippen LogP contribution in [-0.2, 0) is 106 Å². The number of carbonyl (C=O) groups is 11. The number of primary amides is 2. The van der Waals surface area contributed by atoms with Crippen molar-refractivity contribution in [2.24, 2.45) is 16.0 Å². The number of alkyl halides is 1. The van der Waals surface area contributed by atoms with Crippen molar-refractivity contribution in [2.75, 3.05) is 80.0 Å². The van der Waals surface area contributed by atoms with Crippen LogP contribution in [0, 0.1) is 4.91 Å². The molecule has 0 saturated heterocycles. The summed E-state index contributed by atoms with van der Waals surface area (Å²) in [7, 11) is 5.24. The smallest absolute Gasteiger partial charge is 0.870 e. The topological polar surface area (TPSA) is 600 Å². The second-order valence-electron chi connectivity index (χ2n) is 23.9. The average Bonchev–Trinajstić information content (AvgIpc) is 1.64. The molecule has 39 nitrogen and oxygen atoms in total. The Morgan fingerprint density at radius 2 is 0.861 bits per heavy atom. The van der Waals surface area contributed by atoms with Crippen LogP contribution in [0.4, 0.5) is 9.59 Å². The fourth-order valence-corrected chi connectivity index (χ4v) is 10.7. The number of amides is 2. The fourth-order valence-electron chi connectivity index (χ4n) is 10.5. The number of phenols is 3. The van der Waals surface area contributed by atoms with Crippen LogP contribution in [0.15, 0.2) is 157 Å². The molecule has 12 aromatic rings. The number of carbonyl (C=O) groups excluding carboxylic acids is 10. The number of aliphatic hydroxyl groups is 1. The Morgan fingerprint density at radius 1 is 0.484 bits per heavy atom. The summed E-state index contributed by atoms with van der Waals surface area (Å²) in [6.45, 7) is 5.34. The molecule has 0 atom stereocenters. The van der Waals surface area contributed by atoms with Gasteiger partial charge in [0, 0.05) is 128 Å². The molecule has 6 aromatic carbocycles. The molecule has 14 N–H and O–H groups in total. The van der Waals surface area contributed by atoms with Gasteiger partial charge in [-0.2, -0.15) is 8.42 Å². The van der Waals surface area contributed by atoms with Crippen LogP contribution in [0.2, 0.25) is 0 Å². The minimum Gasteiger partial charge on any atom is -0.870 e. The van der Waals surface area contributed by atoms with Crippen LogP contribution in [0.25, 0.3) is 65.4 Å². The van der Waals surface area contributed by atoms with E-state index in [2.05, 4.69) is 70.2 Å². The molecule has 43 heteroatoms. The number of esters is 7. The molecule has 0 spiro atoms. The number of fused-ring (bicyclic) bond motifs is 6. The number of aromatic amines is 4. The van der Waals surface area contributed by atoms with E-state index in [-0.39, 0.29) is 155 Å². The Hall–Kier alpha value is -13.0. The first-order valence-corrected chi connectivity index (χ1v) is 38.1. The van der Waals surface area contributed by atoms with Gasteiger partial charge in [-0.1, -0.05) is 23.4 Å². The molecule has 0 aliphatic heterocycles. The van der Waals surface area contributed by atoms with Gasteiger partial charge in [0.15, 0.2) is 0 Å². The second kappa shape index (κ2) is 52.8. The summed E-state index contributed by atoms with van der Waals surface area (Å²) in [5.74, 6) is -2.43. The number of aliphatic carboxylic acids is 1. The van der Waals surface area contributed by atoms with Crippen LogP contribution < -0.4 is 55.2 Å². The van der Waals surface area contributed by atoms with E-state index in [1.165, 1.54) is 86.5 Å². The number of ether oxygens (including phenoxy) is 10. The first-order valence-electron chi connectivity index (χ1n) is 34.7. The number of nitroso groups, excluding NO2 is 1. The number of halogens is 2. The third-order valence-electron chi connectivity index (χ3n) is 15.7. The molecule has 0 radical (unpaired) electrons. The molecular formula is C79H88BrClN9NaO30S. The van der Waals surface area contributed by atoms with Crippen molar-refractivity contribution in [3.05, 3.63) is 185 Å². The molecule has 0 bridgehead atoms. The molecule has 0 aliphatic carbocycles. The summed E-state index contributed by atoms with van der Waals surface area (Å²) in [5.41, 5.74) is 18.2. The summed E-state index contributed by atoms with van der Waals surface area (Å²) < 4.78 is 71.2. The summed E-state index contributed by atoms with van der Waals surface area (Å²) in [6.07, 6.45) is 9.92. The van der Waals surface area contributed by atoms with Crippen LogP contribution in [-0.4, -0.2) is 214 Å². The number of benzene rings is 6. The number of aromatic nitrogens is 6. The van der Waals surface area contributed by atoms with Gasteiger partial charge in [0.05, 0.1) is 81.9 Å². The quantitative estimate of drug-likeness (QED) is 0.00335. The maximum Gasteiger partial charge on any atom is 1.00 e. The Labute approximate surface area is 729 Å². The zero-order chi connectivity index (χ0) is 88.1.